The van der Waals surface area contributed by atoms with Crippen molar-refractivity contribution >= 4 is 17.8 Å². The minimum absolute atomic E-state index is 0.137. The molecule has 2 amide bonds. The van der Waals surface area contributed by atoms with Crippen molar-refractivity contribution in [2.45, 2.75) is 13.5 Å². The molecule has 7 heteroatoms. The van der Waals surface area contributed by atoms with E-state index in [0.29, 0.717) is 11.3 Å². The average Bonchev–Trinajstić information content (AvgIpc) is 3.11. The minimum atomic E-state index is -0.567. The number of benzene rings is 1. The van der Waals surface area contributed by atoms with Gasteiger partial charge in [-0.1, -0.05) is 18.2 Å². The van der Waals surface area contributed by atoms with Gasteiger partial charge in [-0.3, -0.25) is 9.59 Å². The first kappa shape index (κ1) is 18.3. The van der Waals surface area contributed by atoms with Crippen molar-refractivity contribution in [2.24, 2.45) is 0 Å². The molecule has 0 aliphatic carbocycles. The molecule has 7 nitrogen and oxygen atoms in total. The highest BCUT2D eigenvalue weighted by Gasteiger charge is 2.16. The fraction of sp³-hybridized carbons (Fsp3) is 0.278. The van der Waals surface area contributed by atoms with Gasteiger partial charge >= 0.3 is 5.97 Å². The molecule has 1 aromatic carbocycles. The number of aryl methyl sites for hydroxylation is 1. The summed E-state index contributed by atoms with van der Waals surface area (Å²) in [5, 5.41) is 2.63. The van der Waals surface area contributed by atoms with E-state index in [0.717, 1.165) is 5.56 Å². The molecule has 0 radical (unpaired) electrons. The van der Waals surface area contributed by atoms with Crippen molar-refractivity contribution in [1.82, 2.24) is 10.2 Å². The molecule has 2 aromatic rings. The maximum absolute atomic E-state index is 12.0. The van der Waals surface area contributed by atoms with Crippen LogP contribution >= 0.6 is 0 Å². The summed E-state index contributed by atoms with van der Waals surface area (Å²) in [5.74, 6) is -0.746. The number of furan rings is 1. The highest BCUT2D eigenvalue weighted by Crippen LogP contribution is 2.08. The minimum Gasteiger partial charge on any atom is -0.467 e. The van der Waals surface area contributed by atoms with Crippen LogP contribution in [0.2, 0.25) is 0 Å². The topological polar surface area (TPSA) is 88.9 Å². The summed E-state index contributed by atoms with van der Waals surface area (Å²) in [4.78, 5) is 36.9. The quantitative estimate of drug-likeness (QED) is 0.769. The van der Waals surface area contributed by atoms with Crippen molar-refractivity contribution in [3.8, 4) is 0 Å². The molecular formula is C18H20N2O5. The number of amides is 2. The SMILES string of the molecule is Cc1ccccc1C(=O)OCC(=O)N(C)CC(=O)NCc1ccco1. The summed E-state index contributed by atoms with van der Waals surface area (Å²) < 4.78 is 10.1. The maximum Gasteiger partial charge on any atom is 0.338 e. The number of carbonyl (C=O) groups is 3. The Kier molecular flexibility index (Phi) is 6.33. The van der Waals surface area contributed by atoms with Crippen LogP contribution in [0, 0.1) is 6.92 Å². The zero-order chi connectivity index (χ0) is 18.2. The summed E-state index contributed by atoms with van der Waals surface area (Å²) in [7, 11) is 1.47. The Bertz CT molecular complexity index is 740. The molecular weight excluding hydrogens is 324 g/mol. The van der Waals surface area contributed by atoms with Crippen LogP contribution in [-0.4, -0.2) is 42.9 Å². The smallest absolute Gasteiger partial charge is 0.338 e. The number of ether oxygens (including phenoxy) is 1. The van der Waals surface area contributed by atoms with Crippen molar-refractivity contribution in [1.29, 1.82) is 0 Å². The molecule has 0 aliphatic heterocycles. The van der Waals surface area contributed by atoms with Crippen LogP contribution in [-0.2, 0) is 20.9 Å². The molecule has 0 aliphatic rings. The van der Waals surface area contributed by atoms with Crippen molar-refractivity contribution < 1.29 is 23.5 Å². The van der Waals surface area contributed by atoms with Crippen LogP contribution < -0.4 is 5.32 Å². The van der Waals surface area contributed by atoms with Crippen LogP contribution in [0.25, 0.3) is 0 Å². The Labute approximate surface area is 145 Å². The zero-order valence-electron chi connectivity index (χ0n) is 14.2. The summed E-state index contributed by atoms with van der Waals surface area (Å²) in [6, 6.07) is 10.4. The summed E-state index contributed by atoms with van der Waals surface area (Å²) in [6.45, 7) is 1.47. The van der Waals surface area contributed by atoms with Crippen LogP contribution in [0.1, 0.15) is 21.7 Å². The van der Waals surface area contributed by atoms with Gasteiger partial charge in [-0.05, 0) is 30.7 Å². The van der Waals surface area contributed by atoms with Crippen LogP contribution in [0.4, 0.5) is 0 Å². The molecule has 0 saturated heterocycles. The molecule has 1 N–H and O–H groups in total. The van der Waals surface area contributed by atoms with Crippen LogP contribution in [0.5, 0.6) is 0 Å². The van der Waals surface area contributed by atoms with Gasteiger partial charge in [0.1, 0.15) is 5.76 Å². The fourth-order valence-electron chi connectivity index (χ4n) is 2.08. The fourth-order valence-corrected chi connectivity index (χ4v) is 2.08. The van der Waals surface area contributed by atoms with Gasteiger partial charge < -0.3 is 19.4 Å². The first-order valence-corrected chi connectivity index (χ1v) is 7.73. The third kappa shape index (κ3) is 5.49. The Morgan fingerprint density at radius 1 is 1.16 bits per heavy atom. The van der Waals surface area contributed by atoms with Gasteiger partial charge in [0.05, 0.1) is 24.9 Å². The van der Waals surface area contributed by atoms with Crippen molar-refractivity contribution in [3.63, 3.8) is 0 Å². The van der Waals surface area contributed by atoms with E-state index in [-0.39, 0.29) is 19.0 Å². The molecule has 0 spiro atoms. The molecule has 0 saturated carbocycles. The predicted octanol–water partition coefficient (Wildman–Crippen LogP) is 1.52. The Morgan fingerprint density at radius 3 is 2.60 bits per heavy atom. The number of nitrogens with zero attached hydrogens (tertiary/aromatic N) is 1. The number of nitrogens with one attached hydrogen (secondary N) is 1. The lowest BCUT2D eigenvalue weighted by molar-refractivity contribution is -0.137. The van der Waals surface area contributed by atoms with Gasteiger partial charge in [-0.2, -0.15) is 0 Å². The third-order valence-corrected chi connectivity index (χ3v) is 3.54. The van der Waals surface area contributed by atoms with E-state index in [2.05, 4.69) is 5.32 Å². The highest BCUT2D eigenvalue weighted by molar-refractivity contribution is 5.93. The van der Waals surface area contributed by atoms with Gasteiger partial charge in [0.15, 0.2) is 6.61 Å². The van der Waals surface area contributed by atoms with E-state index >= 15 is 0 Å². The Balaban J connectivity index is 1.75. The number of esters is 1. The third-order valence-electron chi connectivity index (χ3n) is 3.54. The lowest BCUT2D eigenvalue weighted by atomic mass is 10.1. The van der Waals surface area contributed by atoms with Gasteiger partial charge in [0.2, 0.25) is 5.91 Å². The van der Waals surface area contributed by atoms with Crippen molar-refractivity contribution in [3.05, 3.63) is 59.5 Å². The largest absolute Gasteiger partial charge is 0.467 e. The molecule has 0 fully saturated rings. The summed E-state index contributed by atoms with van der Waals surface area (Å²) in [6.07, 6.45) is 1.51. The predicted molar refractivity (Wildman–Crippen MR) is 89.7 cm³/mol. The lowest BCUT2D eigenvalue weighted by Gasteiger charge is -2.16. The maximum atomic E-state index is 12.0. The van der Waals surface area contributed by atoms with Gasteiger partial charge in [0.25, 0.3) is 5.91 Å². The second-order valence-electron chi connectivity index (χ2n) is 5.50. The van der Waals surface area contributed by atoms with E-state index in [1.54, 1.807) is 37.3 Å². The second kappa shape index (κ2) is 8.68. The highest BCUT2D eigenvalue weighted by atomic mass is 16.5. The van der Waals surface area contributed by atoms with Gasteiger partial charge in [-0.25, -0.2) is 4.79 Å². The molecule has 0 unspecified atom stereocenters. The number of rotatable bonds is 7. The van der Waals surface area contributed by atoms with Crippen LogP contribution in [0.3, 0.4) is 0 Å². The zero-order valence-corrected chi connectivity index (χ0v) is 14.2. The van der Waals surface area contributed by atoms with E-state index in [1.807, 2.05) is 6.07 Å². The first-order valence-electron chi connectivity index (χ1n) is 7.73. The summed E-state index contributed by atoms with van der Waals surface area (Å²) >= 11 is 0. The molecule has 2 rings (SSSR count). The van der Waals surface area contributed by atoms with E-state index in [1.165, 1.54) is 18.2 Å². The molecule has 1 heterocycles. The lowest BCUT2D eigenvalue weighted by Crippen LogP contribution is -2.39. The van der Waals surface area contributed by atoms with Crippen LogP contribution in [0.15, 0.2) is 47.1 Å². The standard InChI is InChI=1S/C18H20N2O5/c1-13-6-3-4-8-15(13)18(23)25-12-17(22)20(2)11-16(21)19-10-14-7-5-9-24-14/h3-9H,10-12H2,1-2H3,(H,19,21). The van der Waals surface area contributed by atoms with E-state index in [4.69, 9.17) is 9.15 Å². The number of likely N-dealkylation sites (N-methyl/N-ethyl adjacent to an activating group) is 1. The van der Waals surface area contributed by atoms with E-state index in [9.17, 15) is 14.4 Å². The number of carbonyl (C=O) groups excluding carboxylic acids is 3. The normalized spacial score (nSPS) is 10.2. The van der Waals surface area contributed by atoms with Gasteiger partial charge in [0, 0.05) is 7.05 Å². The first-order chi connectivity index (χ1) is 12.0. The number of hydrogen-bond donors (Lipinski definition) is 1. The second-order valence-corrected chi connectivity index (χ2v) is 5.50. The molecule has 0 bridgehead atoms. The number of hydrogen-bond acceptors (Lipinski definition) is 5. The van der Waals surface area contributed by atoms with Crippen molar-refractivity contribution in [2.75, 3.05) is 20.2 Å². The van der Waals surface area contributed by atoms with Gasteiger partial charge in [-0.15, -0.1) is 0 Å². The monoisotopic (exact) mass is 344 g/mol. The Hall–Kier alpha value is -3.09. The molecule has 0 atom stereocenters. The molecule has 132 valence electrons. The molecule has 25 heavy (non-hydrogen) atoms. The molecule has 1 aromatic heterocycles. The van der Waals surface area contributed by atoms with E-state index < -0.39 is 18.5 Å². The summed E-state index contributed by atoms with van der Waals surface area (Å²) in [5.41, 5.74) is 1.18. The Morgan fingerprint density at radius 2 is 1.92 bits per heavy atom. The average molecular weight is 344 g/mol.